The maximum Gasteiger partial charge on any atom is 0.0951 e. The van der Waals surface area contributed by atoms with Crippen molar-refractivity contribution in [1.82, 2.24) is 9.80 Å². The number of piperazine rings is 1. The number of nitrogens with two attached hydrogens (primary N) is 1. The van der Waals surface area contributed by atoms with E-state index in [0.717, 1.165) is 65.3 Å². The van der Waals surface area contributed by atoms with Crippen LogP contribution in [0.2, 0.25) is 0 Å². The molecule has 0 aliphatic carbocycles. The lowest BCUT2D eigenvalue weighted by Crippen LogP contribution is -2.57. The van der Waals surface area contributed by atoms with Crippen LogP contribution in [-0.4, -0.2) is 78.5 Å². The zero-order valence-corrected chi connectivity index (χ0v) is 13.7. The van der Waals surface area contributed by atoms with Crippen LogP contribution in [0.5, 0.6) is 0 Å². The summed E-state index contributed by atoms with van der Waals surface area (Å²) in [5, 5.41) is 0. The molecule has 0 saturated carbocycles. The minimum Gasteiger partial charge on any atom is -0.392 e. The van der Waals surface area contributed by atoms with Gasteiger partial charge in [-0.2, -0.15) is 0 Å². The minimum absolute atomic E-state index is 0.00612. The summed E-state index contributed by atoms with van der Waals surface area (Å²) in [5.41, 5.74) is 5.77. The molecule has 3 rings (SSSR count). The van der Waals surface area contributed by atoms with Gasteiger partial charge in [-0.15, -0.1) is 0 Å². The molecule has 0 aromatic carbocycles. The van der Waals surface area contributed by atoms with Crippen molar-refractivity contribution in [1.29, 1.82) is 0 Å². The highest BCUT2D eigenvalue weighted by Crippen LogP contribution is 2.35. The van der Waals surface area contributed by atoms with E-state index < -0.39 is 0 Å². The zero-order chi connectivity index (χ0) is 14.9. The first-order valence-corrected chi connectivity index (χ1v) is 8.50. The third-order valence-corrected chi connectivity index (χ3v) is 5.70. The third-order valence-electron chi connectivity index (χ3n) is 5.36. The highest BCUT2D eigenvalue weighted by Gasteiger charge is 2.43. The maximum atomic E-state index is 6.04. The van der Waals surface area contributed by atoms with Gasteiger partial charge in [0.05, 0.1) is 23.2 Å². The first-order chi connectivity index (χ1) is 10.1. The fraction of sp³-hybridized carbons (Fsp3) is 0.933. The highest BCUT2D eigenvalue weighted by atomic mass is 32.1. The summed E-state index contributed by atoms with van der Waals surface area (Å²) in [5.74, 6) is 0. The lowest BCUT2D eigenvalue weighted by Gasteiger charge is -2.46. The largest absolute Gasteiger partial charge is 0.392 e. The first-order valence-electron chi connectivity index (χ1n) is 8.09. The first kappa shape index (κ1) is 15.6. The monoisotopic (exact) mass is 313 g/mol. The Morgan fingerprint density at radius 3 is 2.67 bits per heavy atom. The molecule has 1 spiro atoms. The number of hydrogen-bond donors (Lipinski definition) is 1. The van der Waals surface area contributed by atoms with Gasteiger partial charge in [0, 0.05) is 51.9 Å². The van der Waals surface area contributed by atoms with E-state index in [-0.39, 0.29) is 11.6 Å². The molecule has 3 aliphatic rings. The van der Waals surface area contributed by atoms with E-state index >= 15 is 0 Å². The van der Waals surface area contributed by atoms with Crippen LogP contribution in [0.3, 0.4) is 0 Å². The summed E-state index contributed by atoms with van der Waals surface area (Å²) >= 11 is 5.11. The SMILES string of the molecule is CC(C(N)=S)N1CCN(C2CCOC3(CCOC3)C2)CC1. The van der Waals surface area contributed by atoms with Crippen LogP contribution in [0.4, 0.5) is 0 Å². The molecule has 0 bridgehead atoms. The maximum absolute atomic E-state index is 6.04. The second kappa shape index (κ2) is 6.46. The topological polar surface area (TPSA) is 51.0 Å². The molecule has 2 N–H and O–H groups in total. The Kier molecular flexibility index (Phi) is 4.81. The molecule has 0 amide bonds. The molecule has 3 aliphatic heterocycles. The normalized spacial score (nSPS) is 36.9. The van der Waals surface area contributed by atoms with Gasteiger partial charge in [0.1, 0.15) is 0 Å². The Bertz CT molecular complexity index is 379. The Balaban J connectivity index is 1.53. The van der Waals surface area contributed by atoms with Crippen molar-refractivity contribution in [3.8, 4) is 0 Å². The Hall–Kier alpha value is -0.270. The fourth-order valence-corrected chi connectivity index (χ4v) is 4.00. The van der Waals surface area contributed by atoms with Crippen LogP contribution in [0.1, 0.15) is 26.2 Å². The van der Waals surface area contributed by atoms with Crippen molar-refractivity contribution in [3.63, 3.8) is 0 Å². The van der Waals surface area contributed by atoms with Crippen molar-refractivity contribution < 1.29 is 9.47 Å². The number of thiocarbonyl (C=S) groups is 1. The molecule has 3 unspecified atom stereocenters. The molecular weight excluding hydrogens is 286 g/mol. The lowest BCUT2D eigenvalue weighted by molar-refractivity contribution is -0.110. The van der Waals surface area contributed by atoms with Crippen LogP contribution in [0.25, 0.3) is 0 Å². The number of nitrogens with zero attached hydrogens (tertiary/aromatic N) is 2. The second-order valence-electron chi connectivity index (χ2n) is 6.63. The van der Waals surface area contributed by atoms with Crippen LogP contribution in [0, 0.1) is 0 Å². The minimum atomic E-state index is 0.00612. The van der Waals surface area contributed by atoms with Crippen molar-refractivity contribution in [2.45, 2.75) is 43.9 Å². The van der Waals surface area contributed by atoms with E-state index in [4.69, 9.17) is 27.4 Å². The fourth-order valence-electron chi connectivity index (χ4n) is 3.85. The van der Waals surface area contributed by atoms with Gasteiger partial charge in [-0.25, -0.2) is 0 Å². The molecule has 0 aromatic heterocycles. The summed E-state index contributed by atoms with van der Waals surface area (Å²) in [6.07, 6.45) is 3.33. The van der Waals surface area contributed by atoms with Crippen LogP contribution in [0.15, 0.2) is 0 Å². The predicted octanol–water partition coefficient (Wildman–Crippen LogP) is 0.617. The molecule has 120 valence electrons. The third kappa shape index (κ3) is 3.40. The number of rotatable bonds is 3. The van der Waals surface area contributed by atoms with Crippen LogP contribution in [-0.2, 0) is 9.47 Å². The molecule has 6 heteroatoms. The number of hydrogen-bond acceptors (Lipinski definition) is 5. The van der Waals surface area contributed by atoms with Crippen molar-refractivity contribution >= 4 is 17.2 Å². The molecule has 5 nitrogen and oxygen atoms in total. The molecule has 0 radical (unpaired) electrons. The Morgan fingerprint density at radius 1 is 1.29 bits per heavy atom. The molecule has 3 heterocycles. The van der Waals surface area contributed by atoms with Gasteiger partial charge in [-0.3, -0.25) is 9.80 Å². The van der Waals surface area contributed by atoms with Crippen LogP contribution >= 0.6 is 12.2 Å². The molecule has 3 atom stereocenters. The Labute approximate surface area is 132 Å². The smallest absolute Gasteiger partial charge is 0.0951 e. The summed E-state index contributed by atoms with van der Waals surface area (Å²) in [6.45, 7) is 8.94. The Morgan fingerprint density at radius 2 is 2.05 bits per heavy atom. The summed E-state index contributed by atoms with van der Waals surface area (Å²) in [7, 11) is 0. The van der Waals surface area contributed by atoms with Gasteiger partial charge in [-0.05, 0) is 19.8 Å². The van der Waals surface area contributed by atoms with E-state index in [9.17, 15) is 0 Å². The van der Waals surface area contributed by atoms with Gasteiger partial charge in [-0.1, -0.05) is 12.2 Å². The van der Waals surface area contributed by atoms with E-state index in [0.29, 0.717) is 11.0 Å². The molecule has 3 fully saturated rings. The number of ether oxygens (including phenoxy) is 2. The van der Waals surface area contributed by atoms with Gasteiger partial charge >= 0.3 is 0 Å². The summed E-state index contributed by atoms with van der Waals surface area (Å²) in [4.78, 5) is 5.63. The van der Waals surface area contributed by atoms with Gasteiger partial charge in [0.15, 0.2) is 0 Å². The molecule has 21 heavy (non-hydrogen) atoms. The second-order valence-corrected chi connectivity index (χ2v) is 7.10. The predicted molar refractivity (Wildman–Crippen MR) is 86.5 cm³/mol. The standard InChI is InChI=1S/C15H27N3O2S/c1-12(14(16)21)17-4-6-18(7-5-17)13-2-8-20-15(10-13)3-9-19-11-15/h12-13H,2-11H2,1H3,(H2,16,21). The van der Waals surface area contributed by atoms with Crippen LogP contribution < -0.4 is 5.73 Å². The molecular formula is C15H27N3O2S. The summed E-state index contributed by atoms with van der Waals surface area (Å²) < 4.78 is 11.6. The van der Waals surface area contributed by atoms with Crippen molar-refractivity contribution in [2.75, 3.05) is 46.0 Å². The summed E-state index contributed by atoms with van der Waals surface area (Å²) in [6, 6.07) is 0.856. The lowest BCUT2D eigenvalue weighted by atomic mass is 9.88. The molecule has 0 aromatic rings. The average Bonchev–Trinajstić information content (AvgIpc) is 2.94. The zero-order valence-electron chi connectivity index (χ0n) is 12.9. The van der Waals surface area contributed by atoms with E-state index in [2.05, 4.69) is 16.7 Å². The molecule has 3 saturated heterocycles. The van der Waals surface area contributed by atoms with E-state index in [1.807, 2.05) is 0 Å². The van der Waals surface area contributed by atoms with Crippen molar-refractivity contribution in [3.05, 3.63) is 0 Å². The van der Waals surface area contributed by atoms with Crippen molar-refractivity contribution in [2.24, 2.45) is 5.73 Å². The van der Waals surface area contributed by atoms with E-state index in [1.54, 1.807) is 0 Å². The van der Waals surface area contributed by atoms with Gasteiger partial charge in [0.25, 0.3) is 0 Å². The van der Waals surface area contributed by atoms with Gasteiger partial charge < -0.3 is 15.2 Å². The highest BCUT2D eigenvalue weighted by molar-refractivity contribution is 7.80. The quantitative estimate of drug-likeness (QED) is 0.771. The average molecular weight is 313 g/mol. The van der Waals surface area contributed by atoms with Gasteiger partial charge in [0.2, 0.25) is 0 Å². The van der Waals surface area contributed by atoms with E-state index in [1.165, 1.54) is 0 Å².